The van der Waals surface area contributed by atoms with Crippen LogP contribution in [0.2, 0.25) is 0 Å². The van der Waals surface area contributed by atoms with Crippen LogP contribution < -0.4 is 10.9 Å². The molecule has 1 aromatic carbocycles. The number of piperazine rings is 1. The summed E-state index contributed by atoms with van der Waals surface area (Å²) in [6, 6.07) is 2.98. The Balaban J connectivity index is 1.35. The summed E-state index contributed by atoms with van der Waals surface area (Å²) in [6.07, 6.45) is 8.49. The molecule has 10 nitrogen and oxygen atoms in total. The van der Waals surface area contributed by atoms with Crippen molar-refractivity contribution in [3.05, 3.63) is 51.8 Å². The summed E-state index contributed by atoms with van der Waals surface area (Å²) in [6.45, 7) is 3.33. The lowest BCUT2D eigenvalue weighted by Crippen LogP contribution is -2.49. The molecule has 3 amide bonds. The normalized spacial score (nSPS) is 17.3. The van der Waals surface area contributed by atoms with Gasteiger partial charge in [-0.25, -0.2) is 14.4 Å². The molecule has 2 aliphatic rings. The number of amides is 3. The highest BCUT2D eigenvalue weighted by molar-refractivity contribution is 7.17. The van der Waals surface area contributed by atoms with Crippen molar-refractivity contribution in [2.75, 3.05) is 31.5 Å². The van der Waals surface area contributed by atoms with Gasteiger partial charge < -0.3 is 15.1 Å². The Morgan fingerprint density at radius 3 is 2.51 bits per heavy atom. The van der Waals surface area contributed by atoms with E-state index in [0.717, 1.165) is 49.5 Å². The van der Waals surface area contributed by atoms with Gasteiger partial charge in [-0.3, -0.25) is 23.7 Å². The highest BCUT2D eigenvalue weighted by Gasteiger charge is 2.29. The van der Waals surface area contributed by atoms with Gasteiger partial charge in [0.05, 0.1) is 23.4 Å². The Bertz CT molecular complexity index is 1440. The Morgan fingerprint density at radius 2 is 1.79 bits per heavy atom. The van der Waals surface area contributed by atoms with Gasteiger partial charge in [0.15, 0.2) is 5.13 Å². The molecule has 39 heavy (non-hydrogen) atoms. The molecule has 1 unspecified atom stereocenters. The monoisotopic (exact) mass is 554 g/mol. The van der Waals surface area contributed by atoms with Gasteiger partial charge in [-0.2, -0.15) is 0 Å². The fourth-order valence-corrected chi connectivity index (χ4v) is 6.20. The van der Waals surface area contributed by atoms with Crippen LogP contribution in [0.25, 0.3) is 10.9 Å². The molecule has 1 N–H and O–H groups in total. The Morgan fingerprint density at radius 1 is 1.08 bits per heavy atom. The summed E-state index contributed by atoms with van der Waals surface area (Å²) in [4.78, 5) is 63.8. The predicted octanol–water partition coefficient (Wildman–Crippen LogP) is 3.45. The molecule has 1 saturated heterocycles. The number of fused-ring (bicyclic) bond motifs is 1. The van der Waals surface area contributed by atoms with Crippen LogP contribution in [0, 0.1) is 11.7 Å². The van der Waals surface area contributed by atoms with Gasteiger partial charge in [0.25, 0.3) is 11.5 Å². The zero-order valence-corrected chi connectivity index (χ0v) is 22.6. The second-order valence-corrected chi connectivity index (χ2v) is 11.2. The Labute approximate surface area is 228 Å². The highest BCUT2D eigenvalue weighted by Crippen LogP contribution is 2.32. The van der Waals surface area contributed by atoms with E-state index < -0.39 is 23.3 Å². The molecular formula is C27H31FN6O4S. The van der Waals surface area contributed by atoms with Crippen molar-refractivity contribution in [3.8, 4) is 0 Å². The number of carbonyl (C=O) groups excluding carboxylic acids is 3. The molecular weight excluding hydrogens is 523 g/mol. The van der Waals surface area contributed by atoms with Crippen molar-refractivity contribution >= 4 is 45.1 Å². The van der Waals surface area contributed by atoms with E-state index in [1.165, 1.54) is 36.1 Å². The SMILES string of the molecule is CC(=O)N1CCN(C(=O)c2cnc(NC(=O)C(CC3CCCCC3)n3cnc4ccc(F)cc4c3=O)s2)CC1. The van der Waals surface area contributed by atoms with Crippen LogP contribution in [-0.4, -0.2) is 68.2 Å². The van der Waals surface area contributed by atoms with Crippen LogP contribution >= 0.6 is 11.3 Å². The predicted molar refractivity (Wildman–Crippen MR) is 145 cm³/mol. The molecule has 206 valence electrons. The average Bonchev–Trinajstić information content (AvgIpc) is 3.41. The van der Waals surface area contributed by atoms with E-state index in [9.17, 15) is 23.6 Å². The van der Waals surface area contributed by atoms with Crippen molar-refractivity contribution in [2.45, 2.75) is 51.5 Å². The first-order valence-corrected chi connectivity index (χ1v) is 14.1. The van der Waals surface area contributed by atoms with Gasteiger partial charge in [0.1, 0.15) is 16.7 Å². The number of carbonyl (C=O) groups is 3. The molecule has 2 fully saturated rings. The Kier molecular flexibility index (Phi) is 8.01. The largest absolute Gasteiger partial charge is 0.339 e. The molecule has 1 aliphatic carbocycles. The van der Waals surface area contributed by atoms with Gasteiger partial charge in [-0.05, 0) is 30.5 Å². The van der Waals surface area contributed by atoms with Crippen molar-refractivity contribution in [1.29, 1.82) is 0 Å². The molecule has 0 bridgehead atoms. The summed E-state index contributed by atoms with van der Waals surface area (Å²) >= 11 is 1.07. The number of aromatic nitrogens is 3. The van der Waals surface area contributed by atoms with Crippen LogP contribution in [0.3, 0.4) is 0 Å². The quantitative estimate of drug-likeness (QED) is 0.499. The van der Waals surface area contributed by atoms with E-state index in [4.69, 9.17) is 0 Å². The van der Waals surface area contributed by atoms with E-state index in [1.807, 2.05) is 0 Å². The summed E-state index contributed by atoms with van der Waals surface area (Å²) in [5.41, 5.74) is -0.114. The second kappa shape index (κ2) is 11.6. The minimum absolute atomic E-state index is 0.0153. The number of hydrogen-bond acceptors (Lipinski definition) is 7. The lowest BCUT2D eigenvalue weighted by Gasteiger charge is -2.33. The third-order valence-corrected chi connectivity index (χ3v) is 8.52. The molecule has 12 heteroatoms. The topological polar surface area (TPSA) is 118 Å². The highest BCUT2D eigenvalue weighted by atomic mass is 32.1. The fraction of sp³-hybridized carbons (Fsp3) is 0.481. The summed E-state index contributed by atoms with van der Waals surface area (Å²) in [5.74, 6) is -0.920. The number of nitrogens with one attached hydrogen (secondary N) is 1. The number of halogens is 1. The zero-order chi connectivity index (χ0) is 27.5. The van der Waals surface area contributed by atoms with Crippen LogP contribution in [-0.2, 0) is 9.59 Å². The van der Waals surface area contributed by atoms with Gasteiger partial charge >= 0.3 is 0 Å². The lowest BCUT2D eigenvalue weighted by molar-refractivity contribution is -0.130. The van der Waals surface area contributed by atoms with E-state index in [-0.39, 0.29) is 28.3 Å². The zero-order valence-electron chi connectivity index (χ0n) is 21.8. The molecule has 2 aromatic heterocycles. The second-order valence-electron chi connectivity index (χ2n) is 10.2. The first-order valence-electron chi connectivity index (χ1n) is 13.3. The van der Waals surface area contributed by atoms with Gasteiger partial charge in [0, 0.05) is 33.1 Å². The molecule has 3 heterocycles. The summed E-state index contributed by atoms with van der Waals surface area (Å²) in [7, 11) is 0. The van der Waals surface area contributed by atoms with Crippen molar-refractivity contribution < 1.29 is 18.8 Å². The summed E-state index contributed by atoms with van der Waals surface area (Å²) in [5, 5.41) is 3.17. The molecule has 1 aliphatic heterocycles. The van der Waals surface area contributed by atoms with Crippen molar-refractivity contribution in [1.82, 2.24) is 24.3 Å². The van der Waals surface area contributed by atoms with Gasteiger partial charge in [-0.15, -0.1) is 0 Å². The average molecular weight is 555 g/mol. The number of hydrogen-bond donors (Lipinski definition) is 1. The number of benzene rings is 1. The maximum atomic E-state index is 13.9. The van der Waals surface area contributed by atoms with Crippen LogP contribution in [0.1, 0.15) is 61.2 Å². The van der Waals surface area contributed by atoms with Crippen LogP contribution in [0.4, 0.5) is 9.52 Å². The van der Waals surface area contributed by atoms with Gasteiger partial charge in [-0.1, -0.05) is 43.4 Å². The number of rotatable bonds is 6. The number of thiazole rings is 1. The maximum Gasteiger partial charge on any atom is 0.265 e. The molecule has 1 saturated carbocycles. The minimum atomic E-state index is -0.858. The van der Waals surface area contributed by atoms with E-state index in [0.29, 0.717) is 43.0 Å². The standard InChI is InChI=1S/C27H31FN6O4S/c1-17(35)32-9-11-33(12-10-32)26(38)23-15-29-27(39-23)31-24(36)22(13-18-5-3-2-4-6-18)34-16-30-21-8-7-19(28)14-20(21)25(34)37/h7-8,14-16,18,22H,2-6,9-13H2,1H3,(H,29,31,36). The van der Waals surface area contributed by atoms with E-state index in [2.05, 4.69) is 15.3 Å². The lowest BCUT2D eigenvalue weighted by atomic mass is 9.84. The Hall–Kier alpha value is -3.67. The van der Waals surface area contributed by atoms with Crippen LogP contribution in [0.15, 0.2) is 35.5 Å². The molecule has 0 radical (unpaired) electrons. The number of nitrogens with zero attached hydrogens (tertiary/aromatic N) is 5. The van der Waals surface area contributed by atoms with Crippen molar-refractivity contribution in [2.24, 2.45) is 5.92 Å². The molecule has 1 atom stereocenters. The molecule has 3 aromatic rings. The minimum Gasteiger partial charge on any atom is -0.339 e. The van der Waals surface area contributed by atoms with E-state index >= 15 is 0 Å². The first-order chi connectivity index (χ1) is 18.8. The van der Waals surface area contributed by atoms with Crippen molar-refractivity contribution in [3.63, 3.8) is 0 Å². The van der Waals surface area contributed by atoms with Crippen LogP contribution in [0.5, 0.6) is 0 Å². The third-order valence-electron chi connectivity index (χ3n) is 7.62. The first kappa shape index (κ1) is 26.9. The van der Waals surface area contributed by atoms with Gasteiger partial charge in [0.2, 0.25) is 11.8 Å². The van der Waals surface area contributed by atoms with E-state index in [1.54, 1.807) is 9.80 Å². The molecule has 0 spiro atoms. The fourth-order valence-electron chi connectivity index (χ4n) is 5.42. The maximum absolute atomic E-state index is 13.9. The summed E-state index contributed by atoms with van der Waals surface area (Å²) < 4.78 is 15.2. The third kappa shape index (κ3) is 6.00. The molecule has 5 rings (SSSR count). The number of anilines is 1. The smallest absolute Gasteiger partial charge is 0.265 e.